The van der Waals surface area contributed by atoms with E-state index in [-0.39, 0.29) is 0 Å². The Morgan fingerprint density at radius 1 is 1.15 bits per heavy atom. The van der Waals surface area contributed by atoms with Crippen molar-refractivity contribution in [2.24, 2.45) is 0 Å². The van der Waals surface area contributed by atoms with Crippen molar-refractivity contribution >= 4 is 0 Å². The zero-order valence-electron chi connectivity index (χ0n) is 17.2. The lowest BCUT2D eigenvalue weighted by atomic mass is 10.0. The van der Waals surface area contributed by atoms with Crippen LogP contribution in [-0.4, -0.2) is 58.3 Å². The molecule has 4 heteroatoms. The van der Waals surface area contributed by atoms with Crippen molar-refractivity contribution in [1.29, 1.82) is 0 Å². The molecule has 0 bridgehead atoms. The van der Waals surface area contributed by atoms with Crippen LogP contribution in [0.1, 0.15) is 41.8 Å². The Morgan fingerprint density at radius 3 is 2.56 bits per heavy atom. The lowest BCUT2D eigenvalue weighted by Gasteiger charge is -2.40. The summed E-state index contributed by atoms with van der Waals surface area (Å²) >= 11 is 0. The average molecular weight is 367 g/mol. The number of hydrogen-bond acceptors (Lipinski definition) is 3. The number of rotatable bonds is 6. The SMILES string of the molecule is Cc1cc(C)n(CCCN(C)[C@H]2CCCN(C3Cc4ccccc4C3)C2)n1. The lowest BCUT2D eigenvalue weighted by molar-refractivity contribution is 0.0857. The number of likely N-dealkylation sites (tertiary alicyclic amines) is 1. The zero-order valence-corrected chi connectivity index (χ0v) is 17.2. The molecule has 2 aliphatic rings. The fraction of sp³-hybridized carbons (Fsp3) is 0.609. The highest BCUT2D eigenvalue weighted by Crippen LogP contribution is 2.28. The first kappa shape index (κ1) is 18.7. The molecule has 0 spiro atoms. The van der Waals surface area contributed by atoms with Crippen LogP contribution < -0.4 is 0 Å². The van der Waals surface area contributed by atoms with Crippen molar-refractivity contribution in [3.05, 3.63) is 52.8 Å². The van der Waals surface area contributed by atoms with Gasteiger partial charge in [0.1, 0.15) is 0 Å². The molecule has 4 nitrogen and oxygen atoms in total. The number of likely N-dealkylation sites (N-methyl/N-ethyl adjacent to an activating group) is 1. The van der Waals surface area contributed by atoms with Crippen molar-refractivity contribution in [2.45, 2.75) is 64.6 Å². The maximum Gasteiger partial charge on any atom is 0.0596 e. The van der Waals surface area contributed by atoms with E-state index in [9.17, 15) is 0 Å². The molecular weight excluding hydrogens is 332 g/mol. The summed E-state index contributed by atoms with van der Waals surface area (Å²) in [6.45, 7) is 8.92. The van der Waals surface area contributed by atoms with Crippen LogP contribution >= 0.6 is 0 Å². The number of piperidine rings is 1. The molecular formula is C23H34N4. The van der Waals surface area contributed by atoms with E-state index in [4.69, 9.17) is 0 Å². The first-order chi connectivity index (χ1) is 13.1. The van der Waals surface area contributed by atoms with Crippen molar-refractivity contribution in [1.82, 2.24) is 19.6 Å². The fourth-order valence-electron chi connectivity index (χ4n) is 5.02. The van der Waals surface area contributed by atoms with Crippen LogP contribution in [0, 0.1) is 13.8 Å². The minimum absolute atomic E-state index is 0.697. The number of nitrogens with zero attached hydrogens (tertiary/aromatic N) is 4. The topological polar surface area (TPSA) is 24.3 Å². The van der Waals surface area contributed by atoms with Gasteiger partial charge in [-0.1, -0.05) is 24.3 Å². The predicted molar refractivity (Wildman–Crippen MR) is 111 cm³/mol. The second-order valence-electron chi connectivity index (χ2n) is 8.61. The zero-order chi connectivity index (χ0) is 18.8. The average Bonchev–Trinajstić information content (AvgIpc) is 3.24. The highest BCUT2D eigenvalue weighted by atomic mass is 15.3. The summed E-state index contributed by atoms with van der Waals surface area (Å²) in [4.78, 5) is 5.37. The Balaban J connectivity index is 1.27. The third-order valence-electron chi connectivity index (χ3n) is 6.58. The van der Waals surface area contributed by atoms with Gasteiger partial charge >= 0.3 is 0 Å². The maximum atomic E-state index is 4.59. The van der Waals surface area contributed by atoms with Gasteiger partial charge in [0.15, 0.2) is 0 Å². The minimum Gasteiger partial charge on any atom is -0.302 e. The third kappa shape index (κ3) is 4.27. The fourth-order valence-corrected chi connectivity index (χ4v) is 5.02. The summed E-state index contributed by atoms with van der Waals surface area (Å²) in [6.07, 6.45) is 6.32. The first-order valence-corrected chi connectivity index (χ1v) is 10.6. The number of benzene rings is 1. The molecule has 27 heavy (non-hydrogen) atoms. The normalized spacial score (nSPS) is 21.1. The highest BCUT2D eigenvalue weighted by Gasteiger charge is 2.31. The van der Waals surface area contributed by atoms with Crippen molar-refractivity contribution in [2.75, 3.05) is 26.7 Å². The van der Waals surface area contributed by atoms with E-state index < -0.39 is 0 Å². The van der Waals surface area contributed by atoms with E-state index in [2.05, 4.69) is 70.8 Å². The van der Waals surface area contributed by atoms with Gasteiger partial charge in [-0.2, -0.15) is 5.10 Å². The third-order valence-corrected chi connectivity index (χ3v) is 6.58. The molecule has 0 N–H and O–H groups in total. The van der Waals surface area contributed by atoms with E-state index in [1.807, 2.05) is 0 Å². The highest BCUT2D eigenvalue weighted by molar-refractivity contribution is 5.33. The van der Waals surface area contributed by atoms with Crippen LogP contribution in [0.2, 0.25) is 0 Å². The van der Waals surface area contributed by atoms with E-state index in [0.29, 0.717) is 12.1 Å². The van der Waals surface area contributed by atoms with Gasteiger partial charge in [0.05, 0.1) is 5.69 Å². The first-order valence-electron chi connectivity index (χ1n) is 10.6. The van der Waals surface area contributed by atoms with Gasteiger partial charge < -0.3 is 4.90 Å². The largest absolute Gasteiger partial charge is 0.302 e. The molecule has 0 saturated carbocycles. The van der Waals surface area contributed by atoms with Crippen LogP contribution in [0.5, 0.6) is 0 Å². The molecule has 1 aromatic heterocycles. The number of hydrogen-bond donors (Lipinski definition) is 0. The Morgan fingerprint density at radius 2 is 1.89 bits per heavy atom. The molecule has 4 rings (SSSR count). The number of fused-ring (bicyclic) bond motifs is 1. The molecule has 1 atom stereocenters. The molecule has 2 heterocycles. The molecule has 1 fully saturated rings. The van der Waals surface area contributed by atoms with Gasteiger partial charge in [0, 0.05) is 30.9 Å². The molecule has 1 aromatic carbocycles. The Bertz CT molecular complexity index is 740. The van der Waals surface area contributed by atoms with Gasteiger partial charge in [0.2, 0.25) is 0 Å². The predicted octanol–water partition coefficient (Wildman–Crippen LogP) is 3.45. The molecule has 0 amide bonds. The second-order valence-corrected chi connectivity index (χ2v) is 8.61. The van der Waals surface area contributed by atoms with Gasteiger partial charge in [-0.15, -0.1) is 0 Å². The van der Waals surface area contributed by atoms with Crippen LogP contribution in [0.4, 0.5) is 0 Å². The van der Waals surface area contributed by atoms with Crippen LogP contribution in [0.25, 0.3) is 0 Å². The summed E-state index contributed by atoms with van der Waals surface area (Å²) in [7, 11) is 2.32. The minimum atomic E-state index is 0.697. The van der Waals surface area contributed by atoms with Crippen LogP contribution in [0.3, 0.4) is 0 Å². The summed E-state index contributed by atoms with van der Waals surface area (Å²) < 4.78 is 2.16. The van der Waals surface area contributed by atoms with Gasteiger partial charge in [-0.05, 0) is 83.3 Å². The van der Waals surface area contributed by atoms with E-state index in [1.54, 1.807) is 11.1 Å². The van der Waals surface area contributed by atoms with E-state index in [1.165, 1.54) is 50.9 Å². The van der Waals surface area contributed by atoms with Crippen molar-refractivity contribution in [3.8, 4) is 0 Å². The maximum absolute atomic E-state index is 4.59. The summed E-state index contributed by atoms with van der Waals surface area (Å²) in [5, 5.41) is 4.59. The second kappa shape index (κ2) is 8.15. The number of aryl methyl sites for hydroxylation is 3. The molecule has 2 aromatic rings. The van der Waals surface area contributed by atoms with Gasteiger partial charge in [-0.25, -0.2) is 0 Å². The smallest absolute Gasteiger partial charge is 0.0596 e. The molecule has 1 aliphatic heterocycles. The van der Waals surface area contributed by atoms with Crippen LogP contribution in [-0.2, 0) is 19.4 Å². The molecule has 0 radical (unpaired) electrons. The Hall–Kier alpha value is -1.65. The molecule has 1 aliphatic carbocycles. The van der Waals surface area contributed by atoms with Gasteiger partial charge in [-0.3, -0.25) is 9.58 Å². The number of aromatic nitrogens is 2. The van der Waals surface area contributed by atoms with Gasteiger partial charge in [0.25, 0.3) is 0 Å². The van der Waals surface area contributed by atoms with E-state index in [0.717, 1.165) is 18.8 Å². The lowest BCUT2D eigenvalue weighted by Crippen LogP contribution is -2.50. The van der Waals surface area contributed by atoms with Crippen molar-refractivity contribution < 1.29 is 0 Å². The van der Waals surface area contributed by atoms with Crippen molar-refractivity contribution in [3.63, 3.8) is 0 Å². The molecule has 1 saturated heterocycles. The molecule has 0 unspecified atom stereocenters. The quantitative estimate of drug-likeness (QED) is 0.783. The Kier molecular flexibility index (Phi) is 5.65. The standard InChI is InChI=1S/C23H34N4/c1-18-14-19(2)27(24-18)13-7-11-25(3)22-10-6-12-26(17-22)23-15-20-8-4-5-9-21(20)16-23/h4-5,8-9,14,22-23H,6-7,10-13,15-17H2,1-3H3/t22-/m0/s1. The summed E-state index contributed by atoms with van der Waals surface area (Å²) in [5.74, 6) is 0. The van der Waals surface area contributed by atoms with Crippen LogP contribution in [0.15, 0.2) is 30.3 Å². The molecule has 146 valence electrons. The van der Waals surface area contributed by atoms with E-state index >= 15 is 0 Å². The summed E-state index contributed by atoms with van der Waals surface area (Å²) in [6, 6.07) is 12.6. The Labute approximate surface area is 164 Å². The monoisotopic (exact) mass is 366 g/mol. The summed E-state index contributed by atoms with van der Waals surface area (Å²) in [5.41, 5.74) is 5.55.